The van der Waals surface area contributed by atoms with Gasteiger partial charge in [0.2, 0.25) is 11.7 Å². The first kappa shape index (κ1) is 30.4. The number of fused-ring (bicyclic) bond motifs is 1. The Hall–Kier alpha value is -4.11. The lowest BCUT2D eigenvalue weighted by molar-refractivity contribution is -0.123. The maximum atomic E-state index is 13.7. The van der Waals surface area contributed by atoms with Crippen LogP contribution in [0, 0.1) is 0 Å². The summed E-state index contributed by atoms with van der Waals surface area (Å²) in [6.07, 6.45) is 1.01. The molecule has 0 bridgehead atoms. The third kappa shape index (κ3) is 6.77. The molecule has 1 unspecified atom stereocenters. The van der Waals surface area contributed by atoms with E-state index in [2.05, 4.69) is 20.4 Å². The summed E-state index contributed by atoms with van der Waals surface area (Å²) in [5.74, 6) is -3.06. The third-order valence-corrected chi connectivity index (χ3v) is 9.46. The number of oxazole rings is 1. The number of alkyl halides is 2. The fraction of sp³-hybridized carbons (Fsp3) is 0.429. The number of nitrogens with zero attached hydrogens (tertiary/aromatic N) is 2. The fourth-order valence-electron chi connectivity index (χ4n) is 5.02. The number of carbonyl (C=O) groups is 3. The number of ketones is 1. The van der Waals surface area contributed by atoms with E-state index in [1.807, 2.05) is 0 Å². The second kappa shape index (κ2) is 12.6. The van der Waals surface area contributed by atoms with Gasteiger partial charge in [0.1, 0.15) is 16.8 Å². The average molecular weight is 621 g/mol. The number of aromatic nitrogens is 1. The van der Waals surface area contributed by atoms with Crippen LogP contribution in [0.15, 0.2) is 52.9 Å². The Labute approximate surface area is 245 Å². The Bertz CT molecular complexity index is 1570. The molecular formula is C28H30F2N4O8S. The summed E-state index contributed by atoms with van der Waals surface area (Å²) in [6.45, 7) is -2.68. The molecule has 5 rings (SSSR count). The minimum Gasteiger partial charge on any atom is -0.435 e. The van der Waals surface area contributed by atoms with E-state index >= 15 is 0 Å². The van der Waals surface area contributed by atoms with Crippen LogP contribution in [0.5, 0.6) is 5.75 Å². The Morgan fingerprint density at radius 3 is 2.42 bits per heavy atom. The number of benzene rings is 2. The number of morpholine rings is 1. The van der Waals surface area contributed by atoms with Gasteiger partial charge in [0.25, 0.3) is 5.89 Å². The van der Waals surface area contributed by atoms with Gasteiger partial charge in [-0.25, -0.2) is 18.2 Å². The van der Waals surface area contributed by atoms with Gasteiger partial charge in [0.05, 0.1) is 19.0 Å². The predicted molar refractivity (Wildman–Crippen MR) is 148 cm³/mol. The predicted octanol–water partition coefficient (Wildman–Crippen LogP) is 2.68. The normalized spacial score (nSPS) is 17.2. The minimum atomic E-state index is -4.47. The zero-order chi connectivity index (χ0) is 30.6. The molecule has 2 fully saturated rings. The summed E-state index contributed by atoms with van der Waals surface area (Å²) in [6, 6.07) is 11.5. The Kier molecular flexibility index (Phi) is 8.92. The number of carbonyl (C=O) groups excluding carboxylic acids is 3. The van der Waals surface area contributed by atoms with Crippen molar-refractivity contribution in [2.24, 2.45) is 0 Å². The molecule has 3 amide bonds. The van der Waals surface area contributed by atoms with Crippen LogP contribution in [0.1, 0.15) is 35.5 Å². The van der Waals surface area contributed by atoms with E-state index in [4.69, 9.17) is 9.15 Å². The highest BCUT2D eigenvalue weighted by Gasteiger charge is 2.49. The molecule has 0 spiro atoms. The number of amides is 3. The molecule has 230 valence electrons. The van der Waals surface area contributed by atoms with Crippen molar-refractivity contribution >= 4 is 38.7 Å². The monoisotopic (exact) mass is 620 g/mol. The number of hydrogen-bond donors (Lipinski definition) is 2. The number of sulfone groups is 1. The molecule has 2 N–H and O–H groups in total. The summed E-state index contributed by atoms with van der Waals surface area (Å²) < 4.78 is 68.7. The van der Waals surface area contributed by atoms with Gasteiger partial charge in [-0.3, -0.25) is 9.59 Å². The number of ether oxygens (including phenoxy) is 2. The van der Waals surface area contributed by atoms with E-state index in [0.29, 0.717) is 30.7 Å². The molecular weight excluding hydrogens is 590 g/mol. The first-order valence-electron chi connectivity index (χ1n) is 13.7. The van der Waals surface area contributed by atoms with Crippen LogP contribution in [0.3, 0.4) is 0 Å². The van der Waals surface area contributed by atoms with Gasteiger partial charge in [-0.1, -0.05) is 30.3 Å². The van der Waals surface area contributed by atoms with Crippen LogP contribution in [0.4, 0.5) is 13.6 Å². The van der Waals surface area contributed by atoms with Crippen molar-refractivity contribution in [2.75, 3.05) is 32.8 Å². The largest absolute Gasteiger partial charge is 0.435 e. The quantitative estimate of drug-likeness (QED) is 0.308. The Morgan fingerprint density at radius 2 is 1.74 bits per heavy atom. The molecule has 12 nitrogen and oxygen atoms in total. The lowest BCUT2D eigenvalue weighted by atomic mass is 9.73. The molecule has 1 saturated heterocycles. The molecule has 2 aromatic carbocycles. The summed E-state index contributed by atoms with van der Waals surface area (Å²) in [5, 5.41) is 3.24. The lowest BCUT2D eigenvalue weighted by Gasteiger charge is -2.40. The fourth-order valence-corrected chi connectivity index (χ4v) is 6.62. The van der Waals surface area contributed by atoms with Gasteiger partial charge >= 0.3 is 12.6 Å². The molecule has 1 atom stereocenters. The maximum Gasteiger partial charge on any atom is 0.387 e. The van der Waals surface area contributed by atoms with Gasteiger partial charge in [-0.2, -0.15) is 8.78 Å². The van der Waals surface area contributed by atoms with E-state index in [-0.39, 0.29) is 43.1 Å². The van der Waals surface area contributed by atoms with E-state index in [0.717, 1.165) is 0 Å². The molecule has 1 aromatic heterocycles. The molecule has 1 saturated carbocycles. The highest BCUT2D eigenvalue weighted by molar-refractivity contribution is 7.92. The number of rotatable bonds is 11. The van der Waals surface area contributed by atoms with Crippen LogP contribution in [0.25, 0.3) is 11.1 Å². The second-order valence-corrected chi connectivity index (χ2v) is 12.5. The molecule has 1 aliphatic carbocycles. The second-order valence-electron chi connectivity index (χ2n) is 10.3. The van der Waals surface area contributed by atoms with Gasteiger partial charge in [-0.15, -0.1) is 0 Å². The highest BCUT2D eigenvalue weighted by atomic mass is 32.2. The Morgan fingerprint density at radius 1 is 1.05 bits per heavy atom. The third-order valence-electron chi connectivity index (χ3n) is 7.50. The topological polar surface area (TPSA) is 157 Å². The standard InChI is InChI=1S/C28H30F2N4O8S/c29-26(30)42-20-8-3-1-6-18(20)17-43(38,39)22(16-31-27(37)34-12-14-40-15-13-34)24(36)33-28(10-5-11-28)23(35)25-32-19-7-2-4-9-21(19)41-25/h1-4,6-9,22,26H,5,10-17H2,(H,31,37)(H,33,36). The smallest absolute Gasteiger partial charge is 0.387 e. The van der Waals surface area contributed by atoms with Crippen molar-refractivity contribution < 1.29 is 45.5 Å². The van der Waals surface area contributed by atoms with Crippen LogP contribution in [-0.4, -0.2) is 86.3 Å². The van der Waals surface area contributed by atoms with Crippen LogP contribution >= 0.6 is 0 Å². The number of nitrogens with one attached hydrogen (secondary N) is 2. The number of urea groups is 1. The van der Waals surface area contributed by atoms with Gasteiger partial charge in [-0.05, 0) is 37.5 Å². The minimum absolute atomic E-state index is 0.0963. The van der Waals surface area contributed by atoms with Crippen molar-refractivity contribution in [3.8, 4) is 5.75 Å². The number of hydrogen-bond acceptors (Lipinski definition) is 9. The van der Waals surface area contributed by atoms with E-state index in [1.165, 1.54) is 29.2 Å². The first-order chi connectivity index (χ1) is 20.6. The molecule has 43 heavy (non-hydrogen) atoms. The summed E-state index contributed by atoms with van der Waals surface area (Å²) >= 11 is 0. The maximum absolute atomic E-state index is 13.7. The molecule has 15 heteroatoms. The first-order valence-corrected chi connectivity index (χ1v) is 15.4. The lowest BCUT2D eigenvalue weighted by Crippen LogP contribution is -2.63. The number of para-hydroxylation sites is 3. The van der Waals surface area contributed by atoms with Crippen LogP contribution < -0.4 is 15.4 Å². The van der Waals surface area contributed by atoms with E-state index < -0.39 is 57.3 Å². The summed E-state index contributed by atoms with van der Waals surface area (Å²) in [5.41, 5.74) is -0.734. The highest BCUT2D eigenvalue weighted by Crippen LogP contribution is 2.36. The number of halogens is 2. The van der Waals surface area contributed by atoms with E-state index in [1.54, 1.807) is 24.3 Å². The molecule has 0 radical (unpaired) electrons. The Balaban J connectivity index is 1.40. The SMILES string of the molecule is O=C(NC1(C(=O)c2nc3ccccc3o2)CCC1)C(CNC(=O)N1CCOCC1)S(=O)(=O)Cc1ccccc1OC(F)F. The summed E-state index contributed by atoms with van der Waals surface area (Å²) in [7, 11) is -4.47. The molecule has 3 aromatic rings. The average Bonchev–Trinajstić information content (AvgIpc) is 3.40. The van der Waals surface area contributed by atoms with Crippen molar-refractivity contribution in [2.45, 2.75) is 42.4 Å². The van der Waals surface area contributed by atoms with Crippen molar-refractivity contribution in [1.29, 1.82) is 0 Å². The molecule has 1 aliphatic heterocycles. The van der Waals surface area contributed by atoms with Gasteiger partial charge in [0.15, 0.2) is 20.7 Å². The van der Waals surface area contributed by atoms with Crippen molar-refractivity contribution in [1.82, 2.24) is 20.5 Å². The zero-order valence-electron chi connectivity index (χ0n) is 23.0. The molecule has 2 heterocycles. The summed E-state index contributed by atoms with van der Waals surface area (Å²) in [4.78, 5) is 45.7. The van der Waals surface area contributed by atoms with Crippen LogP contribution in [-0.2, 0) is 25.1 Å². The van der Waals surface area contributed by atoms with Gasteiger partial charge < -0.3 is 29.4 Å². The van der Waals surface area contributed by atoms with Crippen LogP contribution in [0.2, 0.25) is 0 Å². The van der Waals surface area contributed by atoms with Crippen molar-refractivity contribution in [3.05, 3.63) is 60.0 Å². The number of Topliss-reactive ketones (excluding diaryl/α,β-unsaturated/α-hetero) is 1. The van der Waals surface area contributed by atoms with E-state index in [9.17, 15) is 31.6 Å². The van der Waals surface area contributed by atoms with Gasteiger partial charge in [0, 0.05) is 25.2 Å². The van der Waals surface area contributed by atoms with Crippen molar-refractivity contribution in [3.63, 3.8) is 0 Å². The zero-order valence-corrected chi connectivity index (χ0v) is 23.8. The molecule has 2 aliphatic rings.